The Morgan fingerprint density at radius 3 is 2.72 bits per heavy atom. The average Bonchev–Trinajstić information content (AvgIpc) is 3.47. The van der Waals surface area contributed by atoms with Crippen molar-refractivity contribution in [3.05, 3.63) is 70.8 Å². The average molecular weight is 456 g/mol. The van der Waals surface area contributed by atoms with Gasteiger partial charge >= 0.3 is 0 Å². The standard InChI is InChI=1S/C22H21FN4O4S/c1-12-9-16(14(3)27(12)20-10-13(2)31-26-20)18(28)11-32-22-25-24-21(30-22)15(4)29-19-8-6-5-7-17(19)23/h5-10,15H,11H2,1-4H3. The van der Waals surface area contributed by atoms with E-state index < -0.39 is 11.9 Å². The number of ether oxygens (including phenoxy) is 1. The second kappa shape index (κ2) is 8.99. The van der Waals surface area contributed by atoms with Crippen LogP contribution in [0.2, 0.25) is 0 Å². The second-order valence-corrected chi connectivity index (χ2v) is 8.15. The number of aromatic nitrogens is 4. The molecule has 0 saturated carbocycles. The van der Waals surface area contributed by atoms with E-state index in [0.717, 1.165) is 23.1 Å². The van der Waals surface area contributed by atoms with Gasteiger partial charge in [-0.25, -0.2) is 4.39 Å². The third-order valence-corrected chi connectivity index (χ3v) is 5.63. The van der Waals surface area contributed by atoms with E-state index in [1.807, 2.05) is 37.5 Å². The Hall–Kier alpha value is -3.40. The van der Waals surface area contributed by atoms with Gasteiger partial charge < -0.3 is 13.7 Å². The van der Waals surface area contributed by atoms with Crippen LogP contribution in [0.3, 0.4) is 0 Å². The van der Waals surface area contributed by atoms with Gasteiger partial charge in [-0.05, 0) is 45.9 Å². The molecule has 0 amide bonds. The summed E-state index contributed by atoms with van der Waals surface area (Å²) in [6, 6.07) is 9.72. The number of benzene rings is 1. The van der Waals surface area contributed by atoms with Crippen LogP contribution in [0.4, 0.5) is 4.39 Å². The SMILES string of the molecule is Cc1cc(-n2c(C)cc(C(=O)CSc3nnc(C(C)Oc4ccccc4F)o3)c2C)no1. The molecule has 0 bridgehead atoms. The van der Waals surface area contributed by atoms with Crippen LogP contribution < -0.4 is 4.74 Å². The molecule has 0 aliphatic carbocycles. The molecule has 4 aromatic rings. The molecule has 0 aliphatic rings. The number of nitrogens with zero attached hydrogens (tertiary/aromatic N) is 4. The molecule has 0 N–H and O–H groups in total. The summed E-state index contributed by atoms with van der Waals surface area (Å²) in [5, 5.41) is 12.2. The highest BCUT2D eigenvalue weighted by Gasteiger charge is 2.21. The lowest BCUT2D eigenvalue weighted by atomic mass is 10.2. The van der Waals surface area contributed by atoms with E-state index in [4.69, 9.17) is 13.7 Å². The Bertz CT molecular complexity index is 1260. The molecule has 0 saturated heterocycles. The van der Waals surface area contributed by atoms with Crippen molar-refractivity contribution in [3.63, 3.8) is 0 Å². The van der Waals surface area contributed by atoms with Gasteiger partial charge in [0.25, 0.3) is 11.1 Å². The van der Waals surface area contributed by atoms with Gasteiger partial charge in [0.2, 0.25) is 0 Å². The molecule has 0 fully saturated rings. The molecule has 1 unspecified atom stereocenters. The maximum Gasteiger partial charge on any atom is 0.277 e. The van der Waals surface area contributed by atoms with Crippen LogP contribution in [-0.4, -0.2) is 31.5 Å². The number of carbonyl (C=O) groups excluding carboxylic acids is 1. The van der Waals surface area contributed by atoms with E-state index in [9.17, 15) is 9.18 Å². The molecule has 0 aliphatic heterocycles. The normalized spacial score (nSPS) is 12.2. The van der Waals surface area contributed by atoms with Crippen LogP contribution in [0.5, 0.6) is 5.75 Å². The highest BCUT2D eigenvalue weighted by molar-refractivity contribution is 7.99. The van der Waals surface area contributed by atoms with Crippen LogP contribution in [0.25, 0.3) is 5.82 Å². The van der Waals surface area contributed by atoms with E-state index >= 15 is 0 Å². The van der Waals surface area contributed by atoms with Gasteiger partial charge in [0.1, 0.15) is 5.76 Å². The van der Waals surface area contributed by atoms with Crippen molar-refractivity contribution in [2.75, 3.05) is 5.75 Å². The Morgan fingerprint density at radius 1 is 1.22 bits per heavy atom. The molecule has 166 valence electrons. The van der Waals surface area contributed by atoms with Crippen LogP contribution in [-0.2, 0) is 0 Å². The Balaban J connectivity index is 1.41. The first-order valence-corrected chi connectivity index (χ1v) is 10.8. The smallest absolute Gasteiger partial charge is 0.277 e. The van der Waals surface area contributed by atoms with Crippen molar-refractivity contribution in [1.82, 2.24) is 19.9 Å². The summed E-state index contributed by atoms with van der Waals surface area (Å²) in [6.45, 7) is 7.26. The maximum absolute atomic E-state index is 13.8. The van der Waals surface area contributed by atoms with Crippen molar-refractivity contribution in [3.8, 4) is 11.6 Å². The van der Waals surface area contributed by atoms with Gasteiger partial charge in [0, 0.05) is 23.0 Å². The molecule has 32 heavy (non-hydrogen) atoms. The van der Waals surface area contributed by atoms with E-state index in [1.165, 1.54) is 12.1 Å². The first-order chi connectivity index (χ1) is 15.3. The van der Waals surface area contributed by atoms with Gasteiger partial charge in [-0.3, -0.25) is 9.36 Å². The second-order valence-electron chi connectivity index (χ2n) is 7.22. The van der Waals surface area contributed by atoms with Gasteiger partial charge in [-0.15, -0.1) is 10.2 Å². The number of rotatable bonds is 8. The zero-order valence-corrected chi connectivity index (χ0v) is 18.8. The summed E-state index contributed by atoms with van der Waals surface area (Å²) in [6.07, 6.45) is -0.644. The van der Waals surface area contributed by atoms with Crippen molar-refractivity contribution >= 4 is 17.5 Å². The Morgan fingerprint density at radius 2 is 2.00 bits per heavy atom. The lowest BCUT2D eigenvalue weighted by molar-refractivity contribution is 0.102. The minimum Gasteiger partial charge on any atom is -0.478 e. The number of thioether (sulfide) groups is 1. The third-order valence-electron chi connectivity index (χ3n) is 4.81. The number of para-hydroxylation sites is 1. The molecule has 4 rings (SSSR count). The minimum atomic E-state index is -0.644. The summed E-state index contributed by atoms with van der Waals surface area (Å²) in [5.74, 6) is 1.18. The summed E-state index contributed by atoms with van der Waals surface area (Å²) in [7, 11) is 0. The van der Waals surface area contributed by atoms with E-state index in [-0.39, 0.29) is 28.4 Å². The molecule has 0 radical (unpaired) electrons. The van der Waals surface area contributed by atoms with E-state index in [1.54, 1.807) is 19.1 Å². The van der Waals surface area contributed by atoms with Crippen molar-refractivity contribution in [2.24, 2.45) is 0 Å². The minimum absolute atomic E-state index is 0.0787. The van der Waals surface area contributed by atoms with Crippen LogP contribution >= 0.6 is 11.8 Å². The van der Waals surface area contributed by atoms with Crippen LogP contribution in [0.1, 0.15) is 46.4 Å². The summed E-state index contributed by atoms with van der Waals surface area (Å²) < 4.78 is 31.9. The highest BCUT2D eigenvalue weighted by Crippen LogP contribution is 2.27. The number of halogens is 1. The van der Waals surface area contributed by atoms with Crippen LogP contribution in [0.15, 0.2) is 50.6 Å². The van der Waals surface area contributed by atoms with Gasteiger partial charge in [-0.1, -0.05) is 29.1 Å². The molecule has 8 nitrogen and oxygen atoms in total. The monoisotopic (exact) mass is 456 g/mol. The highest BCUT2D eigenvalue weighted by atomic mass is 32.2. The zero-order chi connectivity index (χ0) is 22.8. The summed E-state index contributed by atoms with van der Waals surface area (Å²) in [5.41, 5.74) is 2.24. The fourth-order valence-corrected chi connectivity index (χ4v) is 3.94. The van der Waals surface area contributed by atoms with Gasteiger partial charge in [0.15, 0.2) is 29.3 Å². The zero-order valence-electron chi connectivity index (χ0n) is 18.0. The maximum atomic E-state index is 13.8. The Labute approximate surface area is 187 Å². The lowest BCUT2D eigenvalue weighted by Gasteiger charge is -2.11. The molecule has 1 aromatic carbocycles. The first-order valence-electron chi connectivity index (χ1n) is 9.86. The first kappa shape index (κ1) is 21.8. The third kappa shape index (κ3) is 4.45. The largest absolute Gasteiger partial charge is 0.478 e. The molecular weight excluding hydrogens is 435 g/mol. The molecule has 3 aromatic heterocycles. The van der Waals surface area contributed by atoms with Gasteiger partial charge in [-0.2, -0.15) is 0 Å². The lowest BCUT2D eigenvalue weighted by Crippen LogP contribution is -2.05. The van der Waals surface area contributed by atoms with E-state index in [2.05, 4.69) is 15.4 Å². The topological polar surface area (TPSA) is 96.2 Å². The van der Waals surface area contributed by atoms with Crippen molar-refractivity contribution < 1.29 is 22.9 Å². The molecule has 3 heterocycles. The predicted molar refractivity (Wildman–Crippen MR) is 115 cm³/mol. The number of Topliss-reactive ketones (excluding diaryl/α,β-unsaturated/α-hetero) is 1. The number of hydrogen-bond donors (Lipinski definition) is 0. The molecule has 0 spiro atoms. The van der Waals surface area contributed by atoms with Crippen molar-refractivity contribution in [2.45, 2.75) is 39.0 Å². The Kier molecular flexibility index (Phi) is 6.13. The number of aryl methyl sites for hydroxylation is 2. The number of ketones is 1. The quantitative estimate of drug-likeness (QED) is 0.269. The predicted octanol–water partition coefficient (Wildman–Crippen LogP) is 5.03. The molecule has 1 atom stereocenters. The number of carbonyl (C=O) groups is 1. The fourth-order valence-electron chi connectivity index (χ4n) is 3.29. The van der Waals surface area contributed by atoms with Crippen molar-refractivity contribution in [1.29, 1.82) is 0 Å². The summed E-state index contributed by atoms with van der Waals surface area (Å²) >= 11 is 1.13. The summed E-state index contributed by atoms with van der Waals surface area (Å²) in [4.78, 5) is 12.8. The fraction of sp³-hybridized carbons (Fsp3) is 0.273. The van der Waals surface area contributed by atoms with E-state index in [0.29, 0.717) is 17.1 Å². The van der Waals surface area contributed by atoms with Crippen LogP contribution in [0, 0.1) is 26.6 Å². The van der Waals surface area contributed by atoms with Gasteiger partial charge in [0.05, 0.1) is 5.75 Å². The number of hydrogen-bond acceptors (Lipinski definition) is 8. The molecular formula is C22H21FN4O4S. The molecule has 10 heteroatoms.